The molecule has 0 aliphatic rings. The highest BCUT2D eigenvalue weighted by atomic mass is 32.2. The first-order chi connectivity index (χ1) is 6.41. The summed E-state index contributed by atoms with van der Waals surface area (Å²) in [7, 11) is 0. The molecule has 0 spiro atoms. The van der Waals surface area contributed by atoms with Gasteiger partial charge in [-0.3, -0.25) is 0 Å². The first kappa shape index (κ1) is 13.1. The summed E-state index contributed by atoms with van der Waals surface area (Å²) in [6.07, 6.45) is 16.3. The minimum absolute atomic E-state index is 1.26. The minimum atomic E-state index is 1.26. The van der Waals surface area contributed by atoms with Gasteiger partial charge in [0.15, 0.2) is 0 Å². The second-order valence-electron chi connectivity index (χ2n) is 3.46. The van der Waals surface area contributed by atoms with Crippen molar-refractivity contribution in [2.75, 3.05) is 12.0 Å². The van der Waals surface area contributed by atoms with Gasteiger partial charge in [0.2, 0.25) is 0 Å². The topological polar surface area (TPSA) is 0 Å². The third kappa shape index (κ3) is 12.1. The predicted octanol–water partition coefficient (Wildman–Crippen LogP) is 4.66. The van der Waals surface area contributed by atoms with E-state index in [4.69, 9.17) is 0 Å². The summed E-state index contributed by atoms with van der Waals surface area (Å²) in [5.41, 5.74) is 0. The van der Waals surface area contributed by atoms with Crippen molar-refractivity contribution in [3.8, 4) is 0 Å². The van der Waals surface area contributed by atoms with E-state index in [-0.39, 0.29) is 0 Å². The van der Waals surface area contributed by atoms with Crippen LogP contribution in [0.15, 0.2) is 12.2 Å². The molecule has 1 heteroatoms. The Labute approximate surface area is 88.2 Å². The molecule has 0 saturated carbocycles. The van der Waals surface area contributed by atoms with Gasteiger partial charge >= 0.3 is 0 Å². The quantitative estimate of drug-likeness (QED) is 0.385. The van der Waals surface area contributed by atoms with E-state index in [2.05, 4.69) is 25.3 Å². The van der Waals surface area contributed by atoms with Crippen molar-refractivity contribution in [3.05, 3.63) is 12.2 Å². The summed E-state index contributed by atoms with van der Waals surface area (Å²) in [6, 6.07) is 0. The van der Waals surface area contributed by atoms with E-state index in [1.165, 1.54) is 50.7 Å². The SMILES string of the molecule is CCCC=CCCCCCCSC. The Morgan fingerprint density at radius 3 is 2.31 bits per heavy atom. The smallest absolute Gasteiger partial charge is 0.00703 e. The Morgan fingerprint density at radius 2 is 1.62 bits per heavy atom. The van der Waals surface area contributed by atoms with Gasteiger partial charge in [0.25, 0.3) is 0 Å². The van der Waals surface area contributed by atoms with E-state index in [9.17, 15) is 0 Å². The second-order valence-corrected chi connectivity index (χ2v) is 4.44. The van der Waals surface area contributed by atoms with Crippen LogP contribution >= 0.6 is 11.8 Å². The second kappa shape index (κ2) is 12.1. The van der Waals surface area contributed by atoms with Crippen LogP contribution in [-0.2, 0) is 0 Å². The Hall–Kier alpha value is 0.0900. The lowest BCUT2D eigenvalue weighted by Gasteiger charge is -1.97. The molecule has 0 aliphatic heterocycles. The monoisotopic (exact) mass is 200 g/mol. The highest BCUT2D eigenvalue weighted by Gasteiger charge is 1.87. The third-order valence-electron chi connectivity index (χ3n) is 2.09. The van der Waals surface area contributed by atoms with Gasteiger partial charge in [-0.25, -0.2) is 0 Å². The van der Waals surface area contributed by atoms with Gasteiger partial charge in [0.1, 0.15) is 0 Å². The molecule has 0 aromatic rings. The molecule has 13 heavy (non-hydrogen) atoms. The van der Waals surface area contributed by atoms with Gasteiger partial charge < -0.3 is 0 Å². The van der Waals surface area contributed by atoms with Crippen molar-refractivity contribution in [1.82, 2.24) is 0 Å². The molecule has 0 bridgehead atoms. The third-order valence-corrected chi connectivity index (χ3v) is 2.79. The number of hydrogen-bond donors (Lipinski definition) is 0. The number of allylic oxidation sites excluding steroid dienone is 2. The molecule has 0 aliphatic carbocycles. The predicted molar refractivity (Wildman–Crippen MR) is 65.5 cm³/mol. The molecule has 0 radical (unpaired) electrons. The molecule has 0 aromatic carbocycles. The van der Waals surface area contributed by atoms with Gasteiger partial charge in [-0.15, -0.1) is 0 Å². The average molecular weight is 200 g/mol. The van der Waals surface area contributed by atoms with E-state index in [0.29, 0.717) is 0 Å². The van der Waals surface area contributed by atoms with Gasteiger partial charge in [-0.05, 0) is 37.7 Å². The van der Waals surface area contributed by atoms with Crippen LogP contribution in [0.25, 0.3) is 0 Å². The van der Waals surface area contributed by atoms with Crippen LogP contribution in [0.5, 0.6) is 0 Å². The maximum atomic E-state index is 2.35. The fraction of sp³-hybridized carbons (Fsp3) is 0.833. The maximum absolute atomic E-state index is 2.35. The summed E-state index contributed by atoms with van der Waals surface area (Å²) in [5.74, 6) is 1.34. The lowest BCUT2D eigenvalue weighted by Crippen LogP contribution is -1.80. The Morgan fingerprint density at radius 1 is 0.923 bits per heavy atom. The normalized spacial score (nSPS) is 11.2. The van der Waals surface area contributed by atoms with Gasteiger partial charge in [0.05, 0.1) is 0 Å². The summed E-state index contributed by atoms with van der Waals surface area (Å²) in [5, 5.41) is 0. The Bertz CT molecular complexity index is 108. The van der Waals surface area contributed by atoms with Crippen molar-refractivity contribution >= 4 is 11.8 Å². The highest BCUT2D eigenvalue weighted by molar-refractivity contribution is 7.98. The summed E-state index contributed by atoms with van der Waals surface area (Å²) >= 11 is 1.96. The molecule has 0 amide bonds. The molecule has 0 nitrogen and oxygen atoms in total. The molecular weight excluding hydrogens is 176 g/mol. The zero-order chi connectivity index (χ0) is 9.78. The molecule has 0 rings (SSSR count). The molecule has 0 fully saturated rings. The Balaban J connectivity index is 2.91. The van der Waals surface area contributed by atoms with Crippen LogP contribution in [0.3, 0.4) is 0 Å². The van der Waals surface area contributed by atoms with Crippen LogP contribution in [0.4, 0.5) is 0 Å². The zero-order valence-electron chi connectivity index (χ0n) is 9.22. The van der Waals surface area contributed by atoms with E-state index < -0.39 is 0 Å². The van der Waals surface area contributed by atoms with Gasteiger partial charge in [-0.2, -0.15) is 11.8 Å². The molecule has 0 saturated heterocycles. The van der Waals surface area contributed by atoms with Crippen molar-refractivity contribution < 1.29 is 0 Å². The van der Waals surface area contributed by atoms with E-state index >= 15 is 0 Å². The Kier molecular flexibility index (Phi) is 12.2. The minimum Gasteiger partial charge on any atom is -0.165 e. The van der Waals surface area contributed by atoms with Crippen molar-refractivity contribution in [3.63, 3.8) is 0 Å². The zero-order valence-corrected chi connectivity index (χ0v) is 10.0. The lowest BCUT2D eigenvalue weighted by molar-refractivity contribution is 0.677. The fourth-order valence-electron chi connectivity index (χ4n) is 1.26. The first-order valence-electron chi connectivity index (χ1n) is 5.55. The molecule has 78 valence electrons. The molecule has 0 aromatic heterocycles. The maximum Gasteiger partial charge on any atom is -0.00703 e. The standard InChI is InChI=1S/C12H24S/c1-3-4-5-6-7-8-9-10-11-12-13-2/h5-6H,3-4,7-12H2,1-2H3. The lowest BCUT2D eigenvalue weighted by atomic mass is 10.1. The number of unbranched alkanes of at least 4 members (excludes halogenated alkanes) is 5. The van der Waals surface area contributed by atoms with Crippen LogP contribution in [0.2, 0.25) is 0 Å². The van der Waals surface area contributed by atoms with Crippen molar-refractivity contribution in [2.24, 2.45) is 0 Å². The summed E-state index contributed by atoms with van der Waals surface area (Å²) < 4.78 is 0. The molecule has 0 N–H and O–H groups in total. The van der Waals surface area contributed by atoms with E-state index in [1.54, 1.807) is 0 Å². The molecule has 0 heterocycles. The average Bonchev–Trinajstić information content (AvgIpc) is 2.16. The largest absolute Gasteiger partial charge is 0.165 e. The summed E-state index contributed by atoms with van der Waals surface area (Å²) in [6.45, 7) is 2.23. The van der Waals surface area contributed by atoms with Crippen LogP contribution < -0.4 is 0 Å². The molecule has 0 atom stereocenters. The fourth-order valence-corrected chi connectivity index (χ4v) is 1.76. The van der Waals surface area contributed by atoms with Gasteiger partial charge in [-0.1, -0.05) is 38.3 Å². The van der Waals surface area contributed by atoms with Crippen molar-refractivity contribution in [1.29, 1.82) is 0 Å². The van der Waals surface area contributed by atoms with E-state index in [0.717, 1.165) is 0 Å². The van der Waals surface area contributed by atoms with Crippen LogP contribution in [0, 0.1) is 0 Å². The summed E-state index contributed by atoms with van der Waals surface area (Å²) in [4.78, 5) is 0. The van der Waals surface area contributed by atoms with Crippen molar-refractivity contribution in [2.45, 2.75) is 51.9 Å². The molecule has 0 unspecified atom stereocenters. The number of rotatable bonds is 9. The van der Waals surface area contributed by atoms with E-state index in [1.807, 2.05) is 11.8 Å². The van der Waals surface area contributed by atoms with Gasteiger partial charge in [0, 0.05) is 0 Å². The number of hydrogen-bond acceptors (Lipinski definition) is 1. The van der Waals surface area contributed by atoms with Crippen LogP contribution in [0.1, 0.15) is 51.9 Å². The highest BCUT2D eigenvalue weighted by Crippen LogP contribution is 2.07. The van der Waals surface area contributed by atoms with Crippen LogP contribution in [-0.4, -0.2) is 12.0 Å². The number of thioether (sulfide) groups is 1. The molecular formula is C12H24S. The first-order valence-corrected chi connectivity index (χ1v) is 6.95.